The molecule has 9 nitrogen and oxygen atoms in total. The number of fused-ring (bicyclic) bond motifs is 3. The number of carbonyl (C=O) groups excluding carboxylic acids is 3. The lowest BCUT2D eigenvalue weighted by Gasteiger charge is -2.25. The topological polar surface area (TPSA) is 138 Å². The normalized spacial score (nSPS) is 19.7. The molecule has 5 rings (SSSR count). The summed E-state index contributed by atoms with van der Waals surface area (Å²) in [7, 11) is 0. The molecule has 5 N–H and O–H groups in total. The predicted molar refractivity (Wildman–Crippen MR) is 155 cm³/mol. The van der Waals surface area contributed by atoms with Crippen LogP contribution in [0.1, 0.15) is 64.2 Å². The van der Waals surface area contributed by atoms with Gasteiger partial charge in [-0.1, -0.05) is 37.3 Å². The molecule has 2 aliphatic rings. The number of halogens is 2. The molecule has 3 amide bonds. The summed E-state index contributed by atoms with van der Waals surface area (Å²) in [5.41, 5.74) is 10.8. The Kier molecular flexibility index (Phi) is 8.37. The van der Waals surface area contributed by atoms with E-state index in [1.807, 2.05) is 30.3 Å². The van der Waals surface area contributed by atoms with E-state index < -0.39 is 49.1 Å². The van der Waals surface area contributed by atoms with Crippen LogP contribution in [0.25, 0.3) is 11.1 Å². The quantitative estimate of drug-likeness (QED) is 0.219. The van der Waals surface area contributed by atoms with Crippen molar-refractivity contribution in [1.82, 2.24) is 15.5 Å². The highest BCUT2D eigenvalue weighted by Crippen LogP contribution is 2.44. The van der Waals surface area contributed by atoms with Gasteiger partial charge in [-0.3, -0.25) is 19.8 Å². The molecule has 0 radical (unpaired) electrons. The number of nitrogens with two attached hydrogens (primary N) is 1. The Hall–Kier alpha value is -4.16. The van der Waals surface area contributed by atoms with Gasteiger partial charge < -0.3 is 26.0 Å². The van der Waals surface area contributed by atoms with Crippen LogP contribution in [0.2, 0.25) is 0 Å². The Labute approximate surface area is 245 Å². The largest absolute Gasteiger partial charge is 0.384 e. The molecule has 0 spiro atoms. The van der Waals surface area contributed by atoms with Gasteiger partial charge in [-0.2, -0.15) is 8.78 Å². The molecule has 0 bridgehead atoms. The number of likely N-dealkylation sites (tertiary alicyclic amines) is 1. The van der Waals surface area contributed by atoms with Gasteiger partial charge in [0, 0.05) is 40.3 Å². The van der Waals surface area contributed by atoms with Crippen LogP contribution in [-0.4, -0.2) is 60.3 Å². The Morgan fingerprint density at radius 1 is 1.12 bits per heavy atom. The third kappa shape index (κ3) is 5.90. The van der Waals surface area contributed by atoms with Gasteiger partial charge in [-0.15, -0.1) is 11.3 Å². The summed E-state index contributed by atoms with van der Waals surface area (Å²) in [5.74, 6) is -1.56. The van der Waals surface area contributed by atoms with Gasteiger partial charge in [0.1, 0.15) is 11.9 Å². The van der Waals surface area contributed by atoms with Gasteiger partial charge in [0.2, 0.25) is 11.8 Å². The van der Waals surface area contributed by atoms with Crippen molar-refractivity contribution in [3.63, 3.8) is 0 Å². The van der Waals surface area contributed by atoms with E-state index in [1.54, 1.807) is 24.4 Å². The minimum atomic E-state index is -3.06. The number of hydrogen-bond donors (Lipinski definition) is 4. The molecule has 0 saturated carbocycles. The van der Waals surface area contributed by atoms with E-state index in [9.17, 15) is 23.2 Å². The molecule has 1 aliphatic carbocycles. The van der Waals surface area contributed by atoms with Gasteiger partial charge >= 0.3 is 6.61 Å². The van der Waals surface area contributed by atoms with Gasteiger partial charge in [0.25, 0.3) is 5.91 Å². The van der Waals surface area contributed by atoms with Crippen molar-refractivity contribution in [3.8, 4) is 11.1 Å². The lowest BCUT2D eigenvalue weighted by molar-refractivity contribution is -0.160. The van der Waals surface area contributed by atoms with Crippen molar-refractivity contribution < 1.29 is 27.9 Å². The minimum absolute atomic E-state index is 0.0999. The number of nitrogens with zero attached hydrogens (tertiary/aromatic N) is 1. The average molecular weight is 596 g/mol. The molecule has 4 atom stereocenters. The Morgan fingerprint density at radius 2 is 1.86 bits per heavy atom. The summed E-state index contributed by atoms with van der Waals surface area (Å²) in [4.78, 5) is 41.3. The van der Waals surface area contributed by atoms with Crippen LogP contribution in [-0.2, 0) is 14.3 Å². The number of alkyl halides is 2. The number of nitrogen functional groups attached to an aromatic ring is 1. The second-order valence-electron chi connectivity index (χ2n) is 10.5. The summed E-state index contributed by atoms with van der Waals surface area (Å²) < 4.78 is 30.6. The van der Waals surface area contributed by atoms with E-state index in [4.69, 9.17) is 11.1 Å². The van der Waals surface area contributed by atoms with Gasteiger partial charge in [0.15, 0.2) is 0 Å². The molecule has 2 aromatic carbocycles. The first-order valence-electron chi connectivity index (χ1n) is 13.5. The van der Waals surface area contributed by atoms with Crippen LogP contribution >= 0.6 is 11.3 Å². The van der Waals surface area contributed by atoms with Crippen molar-refractivity contribution >= 4 is 34.9 Å². The number of ether oxygens (including phenoxy) is 1. The van der Waals surface area contributed by atoms with E-state index in [1.165, 1.54) is 21.8 Å². The van der Waals surface area contributed by atoms with E-state index in [0.717, 1.165) is 21.6 Å². The minimum Gasteiger partial charge on any atom is -0.384 e. The summed E-state index contributed by atoms with van der Waals surface area (Å²) in [6.07, 6.45) is -1.16. The molecule has 2 heterocycles. The second-order valence-corrected chi connectivity index (χ2v) is 11.4. The fourth-order valence-corrected chi connectivity index (χ4v) is 6.54. The molecular formula is C30H31F2N5O4S. The summed E-state index contributed by atoms with van der Waals surface area (Å²) >= 11 is 1.31. The fraction of sp³-hybridized carbons (Fsp3) is 0.333. The highest BCUT2D eigenvalue weighted by atomic mass is 32.1. The molecule has 1 unspecified atom stereocenters. The van der Waals surface area contributed by atoms with E-state index in [-0.39, 0.29) is 24.7 Å². The third-order valence-corrected chi connectivity index (χ3v) is 8.91. The number of hydrogen-bond acceptors (Lipinski definition) is 6. The Morgan fingerprint density at radius 3 is 2.57 bits per heavy atom. The number of amidine groups is 1. The van der Waals surface area contributed by atoms with E-state index in [0.29, 0.717) is 11.1 Å². The van der Waals surface area contributed by atoms with Crippen molar-refractivity contribution in [2.75, 3.05) is 13.1 Å². The molecule has 1 aliphatic heterocycles. The Balaban J connectivity index is 1.24. The summed E-state index contributed by atoms with van der Waals surface area (Å²) in [5, 5.41) is 14.7. The number of amides is 3. The first-order valence-corrected chi connectivity index (χ1v) is 14.4. The molecule has 1 aromatic heterocycles. The standard InChI is InChI=1S/C30H31F2N5O4S/c1-15-20-5-3-4-6-21(20)22-8-7-17(9-23(15)22)28(39)35-12-26(38)37-13-19(41-30(31)32)11-24(37)29(40)36-16(2)25-10-18(14-42-25)27(33)34/h3-10,14-16,19,24,30H,11-13H2,1-2H3,(H3,33,34)(H,35,39)(H,36,40)/t15?,16-,19-,24+/m1/s1. The summed E-state index contributed by atoms with van der Waals surface area (Å²) in [6, 6.07) is 13.6. The molecule has 12 heteroatoms. The van der Waals surface area contributed by atoms with Crippen molar-refractivity contribution in [3.05, 3.63) is 81.0 Å². The van der Waals surface area contributed by atoms with Crippen molar-refractivity contribution in [1.29, 1.82) is 5.41 Å². The maximum absolute atomic E-state index is 13.2. The fourth-order valence-electron chi connectivity index (χ4n) is 5.62. The number of nitrogens with one attached hydrogen (secondary N) is 3. The average Bonchev–Trinajstić information content (AvgIpc) is 3.69. The van der Waals surface area contributed by atoms with E-state index >= 15 is 0 Å². The third-order valence-electron chi connectivity index (χ3n) is 7.80. The number of rotatable bonds is 9. The van der Waals surface area contributed by atoms with Crippen LogP contribution in [0.5, 0.6) is 0 Å². The molecule has 1 saturated heterocycles. The zero-order chi connectivity index (χ0) is 30.1. The zero-order valence-corrected chi connectivity index (χ0v) is 23.8. The number of benzene rings is 2. The first-order chi connectivity index (χ1) is 20.0. The predicted octanol–water partition coefficient (Wildman–Crippen LogP) is 3.98. The lowest BCUT2D eigenvalue weighted by Crippen LogP contribution is -2.49. The van der Waals surface area contributed by atoms with Crippen molar-refractivity contribution in [2.45, 2.75) is 51.0 Å². The van der Waals surface area contributed by atoms with E-state index in [2.05, 4.69) is 28.4 Å². The second kappa shape index (κ2) is 12.0. The monoisotopic (exact) mass is 595 g/mol. The van der Waals surface area contributed by atoms with Crippen molar-refractivity contribution in [2.24, 2.45) is 5.73 Å². The van der Waals surface area contributed by atoms with Gasteiger partial charge in [-0.05, 0) is 47.4 Å². The molecule has 3 aromatic rings. The smallest absolute Gasteiger partial charge is 0.345 e. The maximum Gasteiger partial charge on any atom is 0.345 e. The Bertz CT molecular complexity index is 1540. The summed E-state index contributed by atoms with van der Waals surface area (Å²) in [6.45, 7) is 0.121. The van der Waals surface area contributed by atoms with Crippen LogP contribution in [0.15, 0.2) is 53.9 Å². The van der Waals surface area contributed by atoms with Crippen LogP contribution < -0.4 is 16.4 Å². The number of carbonyl (C=O) groups is 3. The highest BCUT2D eigenvalue weighted by Gasteiger charge is 2.41. The molecule has 42 heavy (non-hydrogen) atoms. The van der Waals surface area contributed by atoms with Crippen LogP contribution in [0.4, 0.5) is 8.78 Å². The highest BCUT2D eigenvalue weighted by molar-refractivity contribution is 7.10. The SMILES string of the molecule is CC1c2ccccc2-c2ccc(C(=O)NCC(=O)N3C[C@H](OC(F)F)C[C@H]3C(=O)N[C@H](C)c3cc(C(=N)N)cs3)cc21. The van der Waals surface area contributed by atoms with Gasteiger partial charge in [0.05, 0.1) is 18.7 Å². The zero-order valence-electron chi connectivity index (χ0n) is 23.0. The molecular weight excluding hydrogens is 564 g/mol. The molecule has 1 fully saturated rings. The maximum atomic E-state index is 13.2. The van der Waals surface area contributed by atoms with Crippen LogP contribution in [0.3, 0.4) is 0 Å². The first kappa shape index (κ1) is 29.3. The molecule has 220 valence electrons. The lowest BCUT2D eigenvalue weighted by atomic mass is 9.97. The van der Waals surface area contributed by atoms with Crippen LogP contribution in [0, 0.1) is 5.41 Å². The number of thiophene rings is 1. The van der Waals surface area contributed by atoms with Gasteiger partial charge in [-0.25, -0.2) is 0 Å².